The van der Waals surface area contributed by atoms with Gasteiger partial charge in [0.15, 0.2) is 0 Å². The molecule has 0 bridgehead atoms. The van der Waals surface area contributed by atoms with Crippen molar-refractivity contribution in [2.75, 3.05) is 46.3 Å². The molecule has 0 aromatic carbocycles. The molecule has 0 saturated carbocycles. The third kappa shape index (κ3) is 4.12. The second-order valence-electron chi connectivity index (χ2n) is 5.03. The first-order valence-electron chi connectivity index (χ1n) is 6.44. The minimum Gasteiger partial charge on any atom is -0.341 e. The topological polar surface area (TPSA) is 35.6 Å². The Morgan fingerprint density at radius 2 is 2.00 bits per heavy atom. The van der Waals surface area contributed by atoms with Gasteiger partial charge in [-0.05, 0) is 45.3 Å². The number of hydrogen-bond donors (Lipinski definition) is 1. The molecular weight excluding hydrogens is 238 g/mol. The lowest BCUT2D eigenvalue weighted by Crippen LogP contribution is -2.36. The molecule has 1 amide bonds. The van der Waals surface area contributed by atoms with Crippen LogP contribution >= 0.6 is 12.4 Å². The molecule has 2 saturated heterocycles. The van der Waals surface area contributed by atoms with E-state index in [0.717, 1.165) is 13.1 Å². The molecule has 1 atom stereocenters. The second-order valence-corrected chi connectivity index (χ2v) is 5.03. The van der Waals surface area contributed by atoms with Gasteiger partial charge in [-0.2, -0.15) is 0 Å². The van der Waals surface area contributed by atoms with Gasteiger partial charge in [-0.3, -0.25) is 4.79 Å². The number of halogens is 1. The Kier molecular flexibility index (Phi) is 6.23. The monoisotopic (exact) mass is 261 g/mol. The van der Waals surface area contributed by atoms with Crippen molar-refractivity contribution in [1.29, 1.82) is 0 Å². The Labute approximate surface area is 110 Å². The standard InChI is InChI=1S/C12H23N3O.ClH/c1-13-8-12(16)15-7-4-11(10-15)9-14-5-2-3-6-14;/h11,13H,2-10H2,1H3;1H. The van der Waals surface area contributed by atoms with Gasteiger partial charge in [0.2, 0.25) is 5.91 Å². The van der Waals surface area contributed by atoms with E-state index in [4.69, 9.17) is 0 Å². The van der Waals surface area contributed by atoms with Crippen LogP contribution in [-0.2, 0) is 4.79 Å². The minimum absolute atomic E-state index is 0. The molecule has 2 rings (SSSR count). The first-order chi connectivity index (χ1) is 7.79. The van der Waals surface area contributed by atoms with Crippen molar-refractivity contribution in [3.05, 3.63) is 0 Å². The van der Waals surface area contributed by atoms with Crippen molar-refractivity contribution >= 4 is 18.3 Å². The zero-order chi connectivity index (χ0) is 11.4. The van der Waals surface area contributed by atoms with Crippen LogP contribution in [0, 0.1) is 5.92 Å². The number of amides is 1. The number of likely N-dealkylation sites (tertiary alicyclic amines) is 2. The fraction of sp³-hybridized carbons (Fsp3) is 0.917. The number of nitrogens with zero attached hydrogens (tertiary/aromatic N) is 2. The van der Waals surface area contributed by atoms with Gasteiger partial charge in [-0.25, -0.2) is 0 Å². The molecular formula is C12H24ClN3O. The number of carbonyl (C=O) groups is 1. The van der Waals surface area contributed by atoms with Crippen molar-refractivity contribution in [3.63, 3.8) is 0 Å². The summed E-state index contributed by atoms with van der Waals surface area (Å²) in [6.07, 6.45) is 3.90. The lowest BCUT2D eigenvalue weighted by Gasteiger charge is -2.20. The van der Waals surface area contributed by atoms with E-state index in [-0.39, 0.29) is 18.3 Å². The molecule has 0 aromatic rings. The van der Waals surface area contributed by atoms with Gasteiger partial charge in [-0.1, -0.05) is 0 Å². The number of carbonyl (C=O) groups excluding carboxylic acids is 1. The van der Waals surface area contributed by atoms with E-state index in [1.165, 1.54) is 38.9 Å². The average Bonchev–Trinajstić information content (AvgIpc) is 2.90. The van der Waals surface area contributed by atoms with Crippen LogP contribution in [0.1, 0.15) is 19.3 Å². The maximum Gasteiger partial charge on any atom is 0.236 e. The Morgan fingerprint density at radius 1 is 1.29 bits per heavy atom. The average molecular weight is 262 g/mol. The quantitative estimate of drug-likeness (QED) is 0.804. The third-order valence-electron chi connectivity index (χ3n) is 3.68. The van der Waals surface area contributed by atoms with Crippen molar-refractivity contribution in [2.45, 2.75) is 19.3 Å². The summed E-state index contributed by atoms with van der Waals surface area (Å²) in [6.45, 7) is 6.14. The van der Waals surface area contributed by atoms with E-state index in [1.807, 2.05) is 11.9 Å². The Bertz CT molecular complexity index is 244. The van der Waals surface area contributed by atoms with Crippen molar-refractivity contribution in [1.82, 2.24) is 15.1 Å². The summed E-state index contributed by atoms with van der Waals surface area (Å²) in [6, 6.07) is 0. The predicted molar refractivity (Wildman–Crippen MR) is 71.5 cm³/mol. The zero-order valence-electron chi connectivity index (χ0n) is 10.7. The van der Waals surface area contributed by atoms with E-state index in [2.05, 4.69) is 10.2 Å². The van der Waals surface area contributed by atoms with Crippen molar-refractivity contribution in [3.8, 4) is 0 Å². The van der Waals surface area contributed by atoms with E-state index in [0.29, 0.717) is 12.5 Å². The molecule has 2 aliphatic heterocycles. The summed E-state index contributed by atoms with van der Waals surface area (Å²) in [5.41, 5.74) is 0. The van der Waals surface area contributed by atoms with Crippen LogP contribution < -0.4 is 5.32 Å². The molecule has 0 radical (unpaired) electrons. The van der Waals surface area contributed by atoms with Gasteiger partial charge in [0.05, 0.1) is 6.54 Å². The Morgan fingerprint density at radius 3 is 2.65 bits per heavy atom. The highest BCUT2D eigenvalue weighted by atomic mass is 35.5. The highest BCUT2D eigenvalue weighted by Gasteiger charge is 2.27. The van der Waals surface area contributed by atoms with Gasteiger partial charge in [0.25, 0.3) is 0 Å². The number of hydrogen-bond acceptors (Lipinski definition) is 3. The molecule has 2 heterocycles. The van der Waals surface area contributed by atoms with E-state index < -0.39 is 0 Å². The first-order valence-corrected chi connectivity index (χ1v) is 6.44. The van der Waals surface area contributed by atoms with Crippen LogP contribution in [0.4, 0.5) is 0 Å². The SMILES string of the molecule is CNCC(=O)N1CCC(CN2CCCC2)C1.Cl. The van der Waals surface area contributed by atoms with Crippen LogP contribution in [0.25, 0.3) is 0 Å². The lowest BCUT2D eigenvalue weighted by molar-refractivity contribution is -0.129. The molecule has 0 aliphatic carbocycles. The second kappa shape index (κ2) is 7.19. The molecule has 2 aliphatic rings. The van der Waals surface area contributed by atoms with E-state index >= 15 is 0 Å². The summed E-state index contributed by atoms with van der Waals surface area (Å²) in [5.74, 6) is 0.963. The number of nitrogens with one attached hydrogen (secondary N) is 1. The molecule has 0 aromatic heterocycles. The highest BCUT2D eigenvalue weighted by Crippen LogP contribution is 2.19. The fourth-order valence-corrected chi connectivity index (χ4v) is 2.80. The smallest absolute Gasteiger partial charge is 0.236 e. The molecule has 1 unspecified atom stereocenters. The summed E-state index contributed by atoms with van der Waals surface area (Å²) in [4.78, 5) is 16.2. The van der Waals surface area contributed by atoms with Crippen LogP contribution in [0.15, 0.2) is 0 Å². The van der Waals surface area contributed by atoms with Crippen LogP contribution in [0.3, 0.4) is 0 Å². The molecule has 0 spiro atoms. The Hall–Kier alpha value is -0.320. The lowest BCUT2D eigenvalue weighted by atomic mass is 10.1. The van der Waals surface area contributed by atoms with Crippen molar-refractivity contribution < 1.29 is 4.79 Å². The number of likely N-dealkylation sites (N-methyl/N-ethyl adjacent to an activating group) is 1. The van der Waals surface area contributed by atoms with Crippen LogP contribution in [0.5, 0.6) is 0 Å². The van der Waals surface area contributed by atoms with Gasteiger partial charge in [0.1, 0.15) is 0 Å². The molecule has 4 nitrogen and oxygen atoms in total. The number of rotatable bonds is 4. The molecule has 1 N–H and O–H groups in total. The van der Waals surface area contributed by atoms with Crippen LogP contribution in [-0.4, -0.2) is 62.0 Å². The van der Waals surface area contributed by atoms with Crippen LogP contribution in [0.2, 0.25) is 0 Å². The summed E-state index contributed by atoms with van der Waals surface area (Å²) >= 11 is 0. The minimum atomic E-state index is 0. The van der Waals surface area contributed by atoms with E-state index in [1.54, 1.807) is 0 Å². The third-order valence-corrected chi connectivity index (χ3v) is 3.68. The largest absolute Gasteiger partial charge is 0.341 e. The summed E-state index contributed by atoms with van der Waals surface area (Å²) in [5, 5.41) is 2.93. The normalized spacial score (nSPS) is 25.0. The highest BCUT2D eigenvalue weighted by molar-refractivity contribution is 5.85. The predicted octanol–water partition coefficient (Wildman–Crippen LogP) is 0.572. The zero-order valence-corrected chi connectivity index (χ0v) is 11.5. The van der Waals surface area contributed by atoms with Crippen molar-refractivity contribution in [2.24, 2.45) is 5.92 Å². The maximum atomic E-state index is 11.7. The van der Waals surface area contributed by atoms with Gasteiger partial charge >= 0.3 is 0 Å². The molecule has 100 valence electrons. The summed E-state index contributed by atoms with van der Waals surface area (Å²) in [7, 11) is 1.83. The van der Waals surface area contributed by atoms with Gasteiger partial charge in [0, 0.05) is 19.6 Å². The van der Waals surface area contributed by atoms with Gasteiger partial charge in [-0.15, -0.1) is 12.4 Å². The molecule has 17 heavy (non-hydrogen) atoms. The maximum absolute atomic E-state index is 11.7. The molecule has 5 heteroatoms. The Balaban J connectivity index is 0.00000144. The molecule has 2 fully saturated rings. The summed E-state index contributed by atoms with van der Waals surface area (Å²) < 4.78 is 0. The first kappa shape index (κ1) is 14.7. The van der Waals surface area contributed by atoms with Gasteiger partial charge < -0.3 is 15.1 Å². The fourth-order valence-electron chi connectivity index (χ4n) is 2.80. The van der Waals surface area contributed by atoms with E-state index in [9.17, 15) is 4.79 Å².